The second kappa shape index (κ2) is 6.58. The molecule has 2 rings (SSSR count). The molecule has 0 aliphatic carbocycles. The number of hydrogen-bond donors (Lipinski definition) is 1. The molecule has 0 radical (unpaired) electrons. The molecule has 0 saturated heterocycles. The largest absolute Gasteiger partial charge is 0.392 e. The van der Waals surface area contributed by atoms with E-state index in [1.165, 1.54) is 11.3 Å². The van der Waals surface area contributed by atoms with Crippen LogP contribution >= 0.6 is 23.6 Å². The highest BCUT2D eigenvalue weighted by Crippen LogP contribution is 2.19. The van der Waals surface area contributed by atoms with E-state index < -0.39 is 5.92 Å². The van der Waals surface area contributed by atoms with Crippen LogP contribution in [0.2, 0.25) is 0 Å². The van der Waals surface area contributed by atoms with Crippen LogP contribution in [0.5, 0.6) is 0 Å². The third-order valence-electron chi connectivity index (χ3n) is 2.92. The van der Waals surface area contributed by atoms with Crippen molar-refractivity contribution in [2.45, 2.75) is 12.5 Å². The fourth-order valence-corrected chi connectivity index (χ4v) is 2.72. The Hall–Kier alpha value is -1.79. The Bertz CT molecular complexity index is 584. The summed E-state index contributed by atoms with van der Waals surface area (Å²) in [5.41, 5.74) is 9.17. The number of rotatable bonds is 5. The van der Waals surface area contributed by atoms with Gasteiger partial charge in [0.2, 0.25) is 5.91 Å². The monoisotopic (exact) mass is 305 g/mol. The minimum atomic E-state index is -0.588. The van der Waals surface area contributed by atoms with Crippen LogP contribution in [0.25, 0.3) is 0 Å². The highest BCUT2D eigenvalue weighted by molar-refractivity contribution is 7.80. The van der Waals surface area contributed by atoms with Gasteiger partial charge in [-0.25, -0.2) is 4.98 Å². The molecule has 0 bridgehead atoms. The summed E-state index contributed by atoms with van der Waals surface area (Å²) in [7, 11) is 1.73. The van der Waals surface area contributed by atoms with E-state index >= 15 is 0 Å². The second-order valence-corrected chi connectivity index (χ2v) is 5.61. The second-order valence-electron chi connectivity index (χ2n) is 4.42. The summed E-state index contributed by atoms with van der Waals surface area (Å²) in [4.78, 5) is 18.5. The van der Waals surface area contributed by atoms with Crippen molar-refractivity contribution < 1.29 is 4.79 Å². The molecule has 104 valence electrons. The van der Waals surface area contributed by atoms with Gasteiger partial charge in [-0.3, -0.25) is 4.79 Å². The first-order valence-corrected chi connectivity index (χ1v) is 7.41. The smallest absolute Gasteiger partial charge is 0.237 e. The van der Waals surface area contributed by atoms with E-state index in [0.717, 1.165) is 11.3 Å². The minimum absolute atomic E-state index is 0.114. The first kappa shape index (κ1) is 14.6. The van der Waals surface area contributed by atoms with Crippen LogP contribution in [-0.4, -0.2) is 27.8 Å². The predicted octanol–water partition coefficient (Wildman–Crippen LogP) is 2.17. The Morgan fingerprint density at radius 3 is 2.70 bits per heavy atom. The van der Waals surface area contributed by atoms with Crippen molar-refractivity contribution in [3.8, 4) is 0 Å². The quantitative estimate of drug-likeness (QED) is 0.860. The molecule has 0 saturated carbocycles. The van der Waals surface area contributed by atoms with Gasteiger partial charge in [0.05, 0.1) is 22.7 Å². The lowest BCUT2D eigenvalue weighted by Gasteiger charge is -2.22. The normalized spacial score (nSPS) is 11.8. The van der Waals surface area contributed by atoms with Gasteiger partial charge >= 0.3 is 0 Å². The molecule has 2 aromatic rings. The first-order chi connectivity index (χ1) is 9.59. The van der Waals surface area contributed by atoms with Gasteiger partial charge in [0.15, 0.2) is 0 Å². The Morgan fingerprint density at radius 1 is 1.45 bits per heavy atom. The highest BCUT2D eigenvalue weighted by atomic mass is 32.1. The zero-order chi connectivity index (χ0) is 14.5. The number of benzene rings is 1. The summed E-state index contributed by atoms with van der Waals surface area (Å²) in [6, 6.07) is 9.35. The van der Waals surface area contributed by atoms with Crippen LogP contribution < -0.4 is 5.73 Å². The van der Waals surface area contributed by atoms with Gasteiger partial charge in [0, 0.05) is 12.4 Å². The molecule has 6 heteroatoms. The van der Waals surface area contributed by atoms with Crippen molar-refractivity contribution >= 4 is 34.5 Å². The van der Waals surface area contributed by atoms with E-state index in [1.54, 1.807) is 17.5 Å². The third kappa shape index (κ3) is 3.40. The van der Waals surface area contributed by atoms with Gasteiger partial charge in [0.25, 0.3) is 0 Å². The maximum absolute atomic E-state index is 12.5. The molecule has 20 heavy (non-hydrogen) atoms. The van der Waals surface area contributed by atoms with Gasteiger partial charge in [0.1, 0.15) is 5.92 Å². The van der Waals surface area contributed by atoms with Gasteiger partial charge in [-0.1, -0.05) is 42.5 Å². The number of carbonyl (C=O) groups excluding carboxylic acids is 1. The van der Waals surface area contributed by atoms with Gasteiger partial charge in [-0.2, -0.15) is 0 Å². The zero-order valence-corrected chi connectivity index (χ0v) is 12.7. The number of hydrogen-bond acceptors (Lipinski definition) is 4. The first-order valence-electron chi connectivity index (χ1n) is 6.06. The lowest BCUT2D eigenvalue weighted by Crippen LogP contribution is -2.37. The SMILES string of the molecule is CN(Cc1cscn1)C(=O)C(C(N)=S)c1ccccc1. The van der Waals surface area contributed by atoms with Crippen LogP contribution in [0.4, 0.5) is 0 Å². The molecule has 1 unspecified atom stereocenters. The maximum Gasteiger partial charge on any atom is 0.237 e. The Morgan fingerprint density at radius 2 is 2.15 bits per heavy atom. The van der Waals surface area contributed by atoms with E-state index in [-0.39, 0.29) is 10.9 Å². The summed E-state index contributed by atoms with van der Waals surface area (Å²) in [5, 5.41) is 1.92. The minimum Gasteiger partial charge on any atom is -0.392 e. The van der Waals surface area contributed by atoms with Crippen LogP contribution in [0.3, 0.4) is 0 Å². The predicted molar refractivity (Wildman–Crippen MR) is 84.6 cm³/mol. The van der Waals surface area contributed by atoms with E-state index in [0.29, 0.717) is 6.54 Å². The molecule has 0 spiro atoms. The fourth-order valence-electron chi connectivity index (χ4n) is 1.93. The van der Waals surface area contributed by atoms with E-state index in [4.69, 9.17) is 18.0 Å². The molecule has 1 atom stereocenters. The van der Waals surface area contributed by atoms with Crippen molar-refractivity contribution in [2.75, 3.05) is 7.05 Å². The molecule has 1 aromatic heterocycles. The zero-order valence-electron chi connectivity index (χ0n) is 11.0. The standard InChI is InChI=1S/C14H15N3OS2/c1-17(7-11-8-20-9-16-11)14(18)12(13(15)19)10-5-3-2-4-6-10/h2-6,8-9,12H,7H2,1H3,(H2,15,19). The lowest BCUT2D eigenvalue weighted by molar-refractivity contribution is -0.130. The lowest BCUT2D eigenvalue weighted by atomic mass is 9.97. The maximum atomic E-state index is 12.5. The van der Waals surface area contributed by atoms with E-state index in [9.17, 15) is 4.79 Å². The van der Waals surface area contributed by atoms with Crippen molar-refractivity contribution in [1.29, 1.82) is 0 Å². The van der Waals surface area contributed by atoms with Gasteiger partial charge < -0.3 is 10.6 Å². The number of thiocarbonyl (C=S) groups is 1. The van der Waals surface area contributed by atoms with Crippen LogP contribution in [0, 0.1) is 0 Å². The molecule has 1 amide bonds. The number of amides is 1. The van der Waals surface area contributed by atoms with Crippen molar-refractivity contribution in [3.05, 3.63) is 52.5 Å². The highest BCUT2D eigenvalue weighted by Gasteiger charge is 2.26. The van der Waals surface area contributed by atoms with E-state index in [1.807, 2.05) is 35.7 Å². The summed E-state index contributed by atoms with van der Waals surface area (Å²) >= 11 is 6.56. The van der Waals surface area contributed by atoms with Crippen LogP contribution in [0.15, 0.2) is 41.2 Å². The Kier molecular flexibility index (Phi) is 4.81. The number of likely N-dealkylation sites (N-methyl/N-ethyl adjacent to an activating group) is 1. The molecule has 0 fully saturated rings. The fraction of sp³-hybridized carbons (Fsp3) is 0.214. The number of carbonyl (C=O) groups is 1. The topological polar surface area (TPSA) is 59.2 Å². The summed E-state index contributed by atoms with van der Waals surface area (Å²) in [6.07, 6.45) is 0. The molecule has 0 aliphatic heterocycles. The molecular formula is C14H15N3OS2. The Labute approximate surface area is 127 Å². The average Bonchev–Trinajstić information content (AvgIpc) is 2.92. The summed E-state index contributed by atoms with van der Waals surface area (Å²) in [5.74, 6) is -0.702. The number of nitrogens with two attached hydrogens (primary N) is 1. The number of aromatic nitrogens is 1. The molecule has 1 heterocycles. The summed E-state index contributed by atoms with van der Waals surface area (Å²) in [6.45, 7) is 0.453. The third-order valence-corrected chi connectivity index (χ3v) is 3.79. The number of nitrogens with zero attached hydrogens (tertiary/aromatic N) is 2. The number of thiazole rings is 1. The molecule has 0 aliphatic rings. The molecule has 1 aromatic carbocycles. The average molecular weight is 305 g/mol. The van der Waals surface area contributed by atoms with Crippen molar-refractivity contribution in [1.82, 2.24) is 9.88 Å². The van der Waals surface area contributed by atoms with Crippen LogP contribution in [-0.2, 0) is 11.3 Å². The van der Waals surface area contributed by atoms with Crippen LogP contribution in [0.1, 0.15) is 17.2 Å². The molecular weight excluding hydrogens is 290 g/mol. The molecule has 4 nitrogen and oxygen atoms in total. The molecule has 2 N–H and O–H groups in total. The van der Waals surface area contributed by atoms with Gasteiger partial charge in [-0.15, -0.1) is 11.3 Å². The van der Waals surface area contributed by atoms with Crippen molar-refractivity contribution in [2.24, 2.45) is 5.73 Å². The van der Waals surface area contributed by atoms with E-state index in [2.05, 4.69) is 4.98 Å². The van der Waals surface area contributed by atoms with Crippen molar-refractivity contribution in [3.63, 3.8) is 0 Å². The summed E-state index contributed by atoms with van der Waals surface area (Å²) < 4.78 is 0. The van der Waals surface area contributed by atoms with Gasteiger partial charge in [-0.05, 0) is 5.56 Å². The Balaban J connectivity index is 2.17.